The Morgan fingerprint density at radius 2 is 2.31 bits per heavy atom. The molecule has 0 aromatic carbocycles. The summed E-state index contributed by atoms with van der Waals surface area (Å²) in [4.78, 5) is 6.81. The fourth-order valence-corrected chi connectivity index (χ4v) is 2.75. The van der Waals surface area contributed by atoms with Gasteiger partial charge in [-0.15, -0.1) is 6.42 Å². The molecule has 3 heteroatoms. The molecule has 0 bridgehead atoms. The van der Waals surface area contributed by atoms with Gasteiger partial charge >= 0.3 is 0 Å². The number of rotatable bonds is 2. The second-order valence-electron chi connectivity index (χ2n) is 4.90. The third-order valence-electron chi connectivity index (χ3n) is 3.81. The van der Waals surface area contributed by atoms with Gasteiger partial charge in [-0.3, -0.25) is 0 Å². The number of hydrogen-bond acceptors (Lipinski definition) is 1. The highest BCUT2D eigenvalue weighted by Gasteiger charge is 2.43. The molecule has 1 aliphatic heterocycles. The standard InChI is InChI=1S/C13H21N3/c1-3-9-15-12(14-4-2)16-10-8-13(11-16)6-5-7-13/h1H,4-11H2,2H3,(H,14,15). The Kier molecular flexibility index (Phi) is 3.38. The maximum Gasteiger partial charge on any atom is 0.194 e. The van der Waals surface area contributed by atoms with Crippen LogP contribution in [0.1, 0.15) is 32.6 Å². The van der Waals surface area contributed by atoms with E-state index in [0.717, 1.165) is 19.0 Å². The van der Waals surface area contributed by atoms with Gasteiger partial charge in [0.25, 0.3) is 0 Å². The van der Waals surface area contributed by atoms with E-state index in [1.54, 1.807) is 0 Å². The predicted molar refractivity (Wildman–Crippen MR) is 67.3 cm³/mol. The molecule has 0 radical (unpaired) electrons. The molecule has 0 aromatic rings. The lowest BCUT2D eigenvalue weighted by molar-refractivity contribution is 0.151. The largest absolute Gasteiger partial charge is 0.356 e. The van der Waals surface area contributed by atoms with Crippen LogP contribution in [0.15, 0.2) is 4.99 Å². The van der Waals surface area contributed by atoms with Crippen LogP contribution >= 0.6 is 0 Å². The monoisotopic (exact) mass is 219 g/mol. The predicted octanol–water partition coefficient (Wildman–Crippen LogP) is 1.46. The fourth-order valence-electron chi connectivity index (χ4n) is 2.75. The van der Waals surface area contributed by atoms with Gasteiger partial charge in [-0.05, 0) is 31.6 Å². The lowest BCUT2D eigenvalue weighted by atomic mass is 9.68. The molecule has 1 saturated heterocycles. The van der Waals surface area contributed by atoms with E-state index in [1.807, 2.05) is 0 Å². The summed E-state index contributed by atoms with van der Waals surface area (Å²) in [5.41, 5.74) is 0.617. The van der Waals surface area contributed by atoms with Gasteiger partial charge in [0.15, 0.2) is 5.96 Å². The highest BCUT2D eigenvalue weighted by molar-refractivity contribution is 5.80. The van der Waals surface area contributed by atoms with Crippen LogP contribution in [0.5, 0.6) is 0 Å². The molecule has 0 unspecified atom stereocenters. The van der Waals surface area contributed by atoms with E-state index in [1.165, 1.54) is 32.2 Å². The minimum Gasteiger partial charge on any atom is -0.356 e. The lowest BCUT2D eigenvalue weighted by Crippen LogP contribution is -2.42. The van der Waals surface area contributed by atoms with Crippen molar-refractivity contribution in [3.63, 3.8) is 0 Å². The van der Waals surface area contributed by atoms with Crippen molar-refractivity contribution in [3.05, 3.63) is 0 Å². The summed E-state index contributed by atoms with van der Waals surface area (Å²) in [6.45, 7) is 5.79. The van der Waals surface area contributed by atoms with E-state index < -0.39 is 0 Å². The van der Waals surface area contributed by atoms with Gasteiger partial charge in [-0.25, -0.2) is 4.99 Å². The van der Waals surface area contributed by atoms with Gasteiger partial charge in [0, 0.05) is 19.6 Å². The Balaban J connectivity index is 1.96. The van der Waals surface area contributed by atoms with Gasteiger partial charge in [0.05, 0.1) is 0 Å². The third-order valence-corrected chi connectivity index (χ3v) is 3.81. The first kappa shape index (κ1) is 11.3. The van der Waals surface area contributed by atoms with Gasteiger partial charge < -0.3 is 10.2 Å². The number of likely N-dealkylation sites (tertiary alicyclic amines) is 1. The highest BCUT2D eigenvalue weighted by atomic mass is 15.3. The van der Waals surface area contributed by atoms with Crippen molar-refractivity contribution in [3.8, 4) is 12.3 Å². The van der Waals surface area contributed by atoms with E-state index in [-0.39, 0.29) is 0 Å². The third kappa shape index (κ3) is 2.16. The summed E-state index contributed by atoms with van der Waals surface area (Å²) in [7, 11) is 0. The summed E-state index contributed by atoms with van der Waals surface area (Å²) in [5.74, 6) is 3.58. The van der Waals surface area contributed by atoms with Gasteiger partial charge in [0.2, 0.25) is 0 Å². The summed E-state index contributed by atoms with van der Waals surface area (Å²) in [5, 5.41) is 3.33. The topological polar surface area (TPSA) is 27.6 Å². The molecule has 0 aromatic heterocycles. The van der Waals surface area contributed by atoms with Crippen LogP contribution in [0.25, 0.3) is 0 Å². The second kappa shape index (κ2) is 4.78. The molecule has 3 nitrogen and oxygen atoms in total. The van der Waals surface area contributed by atoms with Crippen molar-refractivity contribution >= 4 is 5.96 Å². The van der Waals surface area contributed by atoms with Crippen molar-refractivity contribution in [2.24, 2.45) is 10.4 Å². The maximum absolute atomic E-state index is 5.26. The SMILES string of the molecule is C#CCN=C(NCC)N1CCC2(CCC2)C1. The molecule has 0 atom stereocenters. The Bertz CT molecular complexity index is 310. The molecule has 88 valence electrons. The quantitative estimate of drug-likeness (QED) is 0.432. The zero-order chi connectivity index (χ0) is 11.4. The number of hydrogen-bond donors (Lipinski definition) is 1. The van der Waals surface area contributed by atoms with E-state index >= 15 is 0 Å². The van der Waals surface area contributed by atoms with E-state index in [0.29, 0.717) is 12.0 Å². The van der Waals surface area contributed by atoms with Crippen molar-refractivity contribution in [2.75, 3.05) is 26.2 Å². The van der Waals surface area contributed by atoms with Crippen LogP contribution in [0, 0.1) is 17.8 Å². The Morgan fingerprint density at radius 1 is 1.50 bits per heavy atom. The number of nitrogens with zero attached hydrogens (tertiary/aromatic N) is 2. The normalized spacial score (nSPS) is 23.0. The smallest absolute Gasteiger partial charge is 0.194 e. The first-order valence-electron chi connectivity index (χ1n) is 6.26. The Labute approximate surface area is 98.3 Å². The van der Waals surface area contributed by atoms with Crippen molar-refractivity contribution in [1.29, 1.82) is 0 Å². The maximum atomic E-state index is 5.26. The molecule has 1 saturated carbocycles. The molecule has 16 heavy (non-hydrogen) atoms. The Morgan fingerprint density at radius 3 is 2.81 bits per heavy atom. The number of nitrogens with one attached hydrogen (secondary N) is 1. The van der Waals surface area contributed by atoms with Crippen LogP contribution in [-0.2, 0) is 0 Å². The second-order valence-corrected chi connectivity index (χ2v) is 4.90. The molecule has 2 aliphatic rings. The Hall–Kier alpha value is -1.17. The molecule has 1 N–H and O–H groups in total. The van der Waals surface area contributed by atoms with Crippen LogP contribution in [0.2, 0.25) is 0 Å². The summed E-state index contributed by atoms with van der Waals surface area (Å²) in [6, 6.07) is 0. The van der Waals surface area contributed by atoms with Crippen molar-refractivity contribution in [1.82, 2.24) is 10.2 Å². The van der Waals surface area contributed by atoms with Gasteiger partial charge in [0.1, 0.15) is 6.54 Å². The number of terminal acetylenes is 1. The molecular weight excluding hydrogens is 198 g/mol. The zero-order valence-corrected chi connectivity index (χ0v) is 10.1. The molecule has 1 aliphatic carbocycles. The number of aliphatic imine (C=N–C) groups is 1. The molecule has 1 heterocycles. The van der Waals surface area contributed by atoms with E-state index in [9.17, 15) is 0 Å². The van der Waals surface area contributed by atoms with Gasteiger partial charge in [-0.2, -0.15) is 0 Å². The van der Waals surface area contributed by atoms with E-state index in [4.69, 9.17) is 6.42 Å². The molecule has 2 fully saturated rings. The first-order chi connectivity index (χ1) is 7.79. The zero-order valence-electron chi connectivity index (χ0n) is 10.1. The summed E-state index contributed by atoms with van der Waals surface area (Å²) >= 11 is 0. The molecule has 2 rings (SSSR count). The molecule has 0 amide bonds. The average Bonchev–Trinajstić information content (AvgIpc) is 2.69. The summed E-state index contributed by atoms with van der Waals surface area (Å²) in [6.07, 6.45) is 10.8. The average molecular weight is 219 g/mol. The van der Waals surface area contributed by atoms with Crippen LogP contribution in [0.3, 0.4) is 0 Å². The fraction of sp³-hybridized carbons (Fsp3) is 0.769. The highest BCUT2D eigenvalue weighted by Crippen LogP contribution is 2.47. The van der Waals surface area contributed by atoms with Crippen LogP contribution in [0.4, 0.5) is 0 Å². The minimum atomic E-state index is 0.478. The minimum absolute atomic E-state index is 0.478. The van der Waals surface area contributed by atoms with Crippen LogP contribution < -0.4 is 5.32 Å². The lowest BCUT2D eigenvalue weighted by Gasteiger charge is -2.38. The molecule has 1 spiro atoms. The summed E-state index contributed by atoms with van der Waals surface area (Å²) < 4.78 is 0. The first-order valence-corrected chi connectivity index (χ1v) is 6.26. The van der Waals surface area contributed by atoms with E-state index in [2.05, 4.69) is 28.1 Å². The van der Waals surface area contributed by atoms with Crippen molar-refractivity contribution < 1.29 is 0 Å². The molecular formula is C13H21N3. The van der Waals surface area contributed by atoms with Crippen molar-refractivity contribution in [2.45, 2.75) is 32.6 Å². The van der Waals surface area contributed by atoms with Gasteiger partial charge in [-0.1, -0.05) is 12.3 Å². The number of guanidine groups is 1. The van der Waals surface area contributed by atoms with Crippen LogP contribution in [-0.4, -0.2) is 37.0 Å².